The van der Waals surface area contributed by atoms with Crippen molar-refractivity contribution in [2.24, 2.45) is 18.9 Å². The molecule has 1 aromatic heterocycles. The second kappa shape index (κ2) is 4.01. The van der Waals surface area contributed by atoms with Crippen molar-refractivity contribution in [2.45, 2.75) is 18.4 Å². The minimum absolute atomic E-state index is 0.0926. The van der Waals surface area contributed by atoms with Crippen molar-refractivity contribution in [3.05, 3.63) is 11.5 Å². The van der Waals surface area contributed by atoms with Gasteiger partial charge in [-0.25, -0.2) is 18.1 Å². The van der Waals surface area contributed by atoms with E-state index in [0.29, 0.717) is 18.4 Å². The monoisotopic (exact) mass is 263 g/mol. The molecule has 1 aromatic rings. The number of aromatic nitrogens is 2. The Morgan fingerprint density at radius 1 is 1.69 bits per heavy atom. The lowest BCUT2D eigenvalue weighted by molar-refractivity contribution is 0.571. The normalized spacial score (nSPS) is 24.7. The highest BCUT2D eigenvalue weighted by molar-refractivity contribution is 7.89. The van der Waals surface area contributed by atoms with Crippen LogP contribution in [0.15, 0.2) is 11.4 Å². The van der Waals surface area contributed by atoms with Crippen LogP contribution in [0.3, 0.4) is 0 Å². The van der Waals surface area contributed by atoms with Gasteiger partial charge in [-0.05, 0) is 18.3 Å². The summed E-state index contributed by atoms with van der Waals surface area (Å²) in [4.78, 5) is 3.78. The van der Waals surface area contributed by atoms with Crippen LogP contribution in [0.1, 0.15) is 13.3 Å². The molecule has 1 aliphatic carbocycles. The molecule has 7 heteroatoms. The van der Waals surface area contributed by atoms with Crippen LogP contribution >= 0.6 is 11.6 Å². The molecule has 5 nitrogen and oxygen atoms in total. The molecular formula is C9H14ClN3O2S. The van der Waals surface area contributed by atoms with Gasteiger partial charge in [0.2, 0.25) is 5.03 Å². The maximum atomic E-state index is 11.8. The van der Waals surface area contributed by atoms with Crippen LogP contribution in [0.4, 0.5) is 0 Å². The number of sulfonamides is 1. The topological polar surface area (TPSA) is 64.0 Å². The number of halogens is 1. The molecule has 1 saturated carbocycles. The fourth-order valence-corrected chi connectivity index (χ4v) is 3.06. The predicted octanol–water partition coefficient (Wildman–Crippen LogP) is 1.01. The first-order valence-electron chi connectivity index (χ1n) is 5.08. The summed E-state index contributed by atoms with van der Waals surface area (Å²) in [5.41, 5.74) is 0. The molecule has 16 heavy (non-hydrogen) atoms. The Kier molecular flexibility index (Phi) is 2.98. The molecule has 0 saturated heterocycles. The van der Waals surface area contributed by atoms with Crippen molar-refractivity contribution in [3.8, 4) is 0 Å². The third-order valence-corrected chi connectivity index (χ3v) is 4.81. The highest BCUT2D eigenvalue weighted by Crippen LogP contribution is 2.37. The number of imidazole rings is 1. The smallest absolute Gasteiger partial charge is 0.261 e. The average molecular weight is 264 g/mol. The SMILES string of the molecule is CC1CC1CNS(=O)(=O)c1ncn(C)c1Cl. The van der Waals surface area contributed by atoms with Gasteiger partial charge in [-0.1, -0.05) is 18.5 Å². The van der Waals surface area contributed by atoms with Gasteiger partial charge in [-0.2, -0.15) is 0 Å². The second-order valence-electron chi connectivity index (χ2n) is 4.28. The third-order valence-electron chi connectivity index (χ3n) is 2.90. The van der Waals surface area contributed by atoms with Crippen molar-refractivity contribution in [2.75, 3.05) is 6.54 Å². The van der Waals surface area contributed by atoms with E-state index in [9.17, 15) is 8.42 Å². The fourth-order valence-electron chi connectivity index (χ4n) is 1.54. The summed E-state index contributed by atoms with van der Waals surface area (Å²) in [5.74, 6) is 1.07. The van der Waals surface area contributed by atoms with Gasteiger partial charge < -0.3 is 4.57 Å². The summed E-state index contributed by atoms with van der Waals surface area (Å²) in [6.45, 7) is 2.57. The van der Waals surface area contributed by atoms with E-state index in [-0.39, 0.29) is 10.2 Å². The number of nitrogens with zero attached hydrogens (tertiary/aromatic N) is 2. The standard InChI is InChI=1S/C9H14ClN3O2S/c1-6-3-7(6)4-12-16(14,15)9-8(10)13(2)5-11-9/h5-7,12H,3-4H2,1-2H3. The summed E-state index contributed by atoms with van der Waals surface area (Å²) in [5, 5.41) is 0.0429. The van der Waals surface area contributed by atoms with Crippen LogP contribution in [-0.4, -0.2) is 24.5 Å². The zero-order valence-corrected chi connectivity index (χ0v) is 10.7. The number of rotatable bonds is 4. The summed E-state index contributed by atoms with van der Waals surface area (Å²) in [6.07, 6.45) is 2.47. The maximum Gasteiger partial charge on any atom is 0.261 e. The molecule has 1 heterocycles. The van der Waals surface area contributed by atoms with Gasteiger partial charge in [0.25, 0.3) is 10.0 Å². The third kappa shape index (κ3) is 2.23. The molecule has 1 fully saturated rings. The van der Waals surface area contributed by atoms with E-state index in [4.69, 9.17) is 11.6 Å². The molecule has 2 rings (SSSR count). The van der Waals surface area contributed by atoms with E-state index in [2.05, 4.69) is 16.6 Å². The van der Waals surface area contributed by atoms with Gasteiger partial charge in [-0.3, -0.25) is 0 Å². The highest BCUT2D eigenvalue weighted by Gasteiger charge is 2.34. The molecule has 0 spiro atoms. The van der Waals surface area contributed by atoms with Gasteiger partial charge in [0, 0.05) is 13.6 Å². The van der Waals surface area contributed by atoms with Crippen LogP contribution in [0.2, 0.25) is 5.15 Å². The van der Waals surface area contributed by atoms with Gasteiger partial charge in [-0.15, -0.1) is 0 Å². The minimum Gasteiger partial charge on any atom is -0.324 e. The lowest BCUT2D eigenvalue weighted by Gasteiger charge is -2.03. The molecule has 0 aliphatic heterocycles. The van der Waals surface area contributed by atoms with Gasteiger partial charge >= 0.3 is 0 Å². The molecule has 2 unspecified atom stereocenters. The number of hydrogen-bond donors (Lipinski definition) is 1. The predicted molar refractivity (Wildman–Crippen MR) is 60.7 cm³/mol. The van der Waals surface area contributed by atoms with Gasteiger partial charge in [0.15, 0.2) is 0 Å². The van der Waals surface area contributed by atoms with Gasteiger partial charge in [0.05, 0.1) is 6.33 Å². The average Bonchev–Trinajstić information content (AvgIpc) is 2.81. The Morgan fingerprint density at radius 2 is 2.31 bits per heavy atom. The number of aryl methyl sites for hydroxylation is 1. The first-order valence-corrected chi connectivity index (χ1v) is 6.94. The molecule has 90 valence electrons. The van der Waals surface area contributed by atoms with Crippen molar-refractivity contribution in [1.29, 1.82) is 0 Å². The highest BCUT2D eigenvalue weighted by atomic mass is 35.5. The molecule has 0 radical (unpaired) electrons. The number of hydrogen-bond acceptors (Lipinski definition) is 3. The zero-order valence-electron chi connectivity index (χ0n) is 9.14. The lowest BCUT2D eigenvalue weighted by atomic mass is 10.3. The summed E-state index contributed by atoms with van der Waals surface area (Å²) in [7, 11) is -1.91. The van der Waals surface area contributed by atoms with Crippen molar-refractivity contribution < 1.29 is 8.42 Å². The fraction of sp³-hybridized carbons (Fsp3) is 0.667. The molecule has 0 amide bonds. The lowest BCUT2D eigenvalue weighted by Crippen LogP contribution is -2.26. The quantitative estimate of drug-likeness (QED) is 0.882. The number of nitrogens with one attached hydrogen (secondary N) is 1. The first-order chi connectivity index (χ1) is 7.42. The van der Waals surface area contributed by atoms with E-state index in [1.54, 1.807) is 7.05 Å². The minimum atomic E-state index is -3.56. The van der Waals surface area contributed by atoms with Crippen molar-refractivity contribution >= 4 is 21.6 Å². The van der Waals surface area contributed by atoms with Crippen molar-refractivity contribution in [3.63, 3.8) is 0 Å². The molecule has 2 atom stereocenters. The molecule has 1 aliphatic rings. The summed E-state index contributed by atoms with van der Waals surface area (Å²) in [6, 6.07) is 0. The Hall–Kier alpha value is -0.590. The molecule has 0 bridgehead atoms. The Morgan fingerprint density at radius 3 is 2.75 bits per heavy atom. The molecule has 1 N–H and O–H groups in total. The van der Waals surface area contributed by atoms with E-state index >= 15 is 0 Å². The van der Waals surface area contributed by atoms with Crippen LogP contribution in [0.5, 0.6) is 0 Å². The zero-order chi connectivity index (χ0) is 11.9. The van der Waals surface area contributed by atoms with Crippen LogP contribution in [0, 0.1) is 11.8 Å². The van der Waals surface area contributed by atoms with Crippen LogP contribution in [0.25, 0.3) is 0 Å². The molecule has 0 aromatic carbocycles. The van der Waals surface area contributed by atoms with E-state index in [0.717, 1.165) is 6.42 Å². The van der Waals surface area contributed by atoms with E-state index in [1.807, 2.05) is 0 Å². The van der Waals surface area contributed by atoms with E-state index in [1.165, 1.54) is 10.9 Å². The molecular weight excluding hydrogens is 250 g/mol. The second-order valence-corrected chi connectivity index (χ2v) is 6.32. The Balaban J connectivity index is 2.09. The Bertz CT molecular complexity index is 497. The van der Waals surface area contributed by atoms with Crippen LogP contribution in [-0.2, 0) is 17.1 Å². The summed E-state index contributed by atoms with van der Waals surface area (Å²) < 4.78 is 27.7. The van der Waals surface area contributed by atoms with Crippen LogP contribution < -0.4 is 4.72 Å². The largest absolute Gasteiger partial charge is 0.324 e. The summed E-state index contributed by atoms with van der Waals surface area (Å²) >= 11 is 5.83. The van der Waals surface area contributed by atoms with Gasteiger partial charge in [0.1, 0.15) is 5.15 Å². The maximum absolute atomic E-state index is 11.8. The Labute approximate surface area is 99.9 Å². The first kappa shape index (κ1) is 11.9. The van der Waals surface area contributed by atoms with E-state index < -0.39 is 10.0 Å². The van der Waals surface area contributed by atoms with Crippen molar-refractivity contribution in [1.82, 2.24) is 14.3 Å².